The number of esters is 1. The van der Waals surface area contributed by atoms with Gasteiger partial charge in [-0.2, -0.15) is 0 Å². The average molecular weight is 543 g/mol. The molecule has 0 aromatic heterocycles. The fraction of sp³-hybridized carbons (Fsp3) is 0.867. The van der Waals surface area contributed by atoms with Crippen molar-refractivity contribution in [3.8, 4) is 0 Å². The van der Waals surface area contributed by atoms with Gasteiger partial charge in [-0.1, -0.05) is 117 Å². The summed E-state index contributed by atoms with van der Waals surface area (Å²) in [5.74, 6) is -3.70. The molecule has 0 spiro atoms. The number of carbonyl (C=O) groups excluding carboxylic acids is 2. The van der Waals surface area contributed by atoms with Gasteiger partial charge in [-0.3, -0.25) is 14.4 Å². The van der Waals surface area contributed by atoms with Crippen LogP contribution in [0.2, 0.25) is 0 Å². The smallest absolute Gasteiger partial charge is 0.326 e. The largest absolute Gasteiger partial charge is 0.481 e. The molecule has 38 heavy (non-hydrogen) atoms. The van der Waals surface area contributed by atoms with Crippen molar-refractivity contribution in [2.24, 2.45) is 0 Å². The number of ether oxygens (including phenoxy) is 1. The standard InChI is InChI=1S/C30H55NO7/c1-3-5-7-9-11-13-15-17-19-21-25(23-27(32)31-26(30(36)37)24-28(33)34)38-29(35)22-20-18-16-14-12-10-8-6-4-2/h25-26H,3-24H2,1-2H3,(H,31,32)(H,33,34)(H,36,37)/t25?,26-/m1/s1/i1D. The number of carboxylic acids is 2. The highest BCUT2D eigenvalue weighted by Gasteiger charge is 2.25. The predicted octanol–water partition coefficient (Wildman–Crippen LogP) is 7.17. The highest BCUT2D eigenvalue weighted by Crippen LogP contribution is 2.16. The van der Waals surface area contributed by atoms with Crippen molar-refractivity contribution in [1.29, 1.82) is 0 Å². The molecule has 0 aliphatic carbocycles. The SMILES string of the molecule is [2H]CCCCCCCCCCCC(CC(=O)N[C@H](CC(=O)O)C(=O)O)OC(=O)CCCCCCCCCCC. The molecule has 0 fully saturated rings. The van der Waals surface area contributed by atoms with Crippen LogP contribution in [0.4, 0.5) is 0 Å². The molecule has 0 rings (SSSR count). The lowest BCUT2D eigenvalue weighted by Gasteiger charge is -2.19. The molecule has 0 aliphatic rings. The topological polar surface area (TPSA) is 130 Å². The Hall–Kier alpha value is -2.12. The van der Waals surface area contributed by atoms with Crippen molar-refractivity contribution in [3.05, 3.63) is 0 Å². The van der Waals surface area contributed by atoms with Crippen molar-refractivity contribution in [3.63, 3.8) is 0 Å². The number of unbranched alkanes of at least 4 members (excludes halogenated alkanes) is 16. The minimum Gasteiger partial charge on any atom is -0.481 e. The third-order valence-electron chi connectivity index (χ3n) is 6.73. The molecule has 0 aromatic carbocycles. The lowest BCUT2D eigenvalue weighted by molar-refractivity contribution is -0.152. The number of carbonyl (C=O) groups is 4. The lowest BCUT2D eigenvalue weighted by atomic mass is 10.0. The molecule has 0 radical (unpaired) electrons. The number of amides is 1. The molecule has 1 unspecified atom stereocenters. The number of hydrogen-bond acceptors (Lipinski definition) is 5. The third kappa shape index (κ3) is 23.0. The summed E-state index contributed by atoms with van der Waals surface area (Å²) in [5.41, 5.74) is 0. The van der Waals surface area contributed by atoms with Crippen molar-refractivity contribution in [1.82, 2.24) is 5.32 Å². The van der Waals surface area contributed by atoms with Crippen LogP contribution in [-0.2, 0) is 23.9 Å². The van der Waals surface area contributed by atoms with Crippen LogP contribution in [0.1, 0.15) is 156 Å². The van der Waals surface area contributed by atoms with Gasteiger partial charge in [-0.05, 0) is 19.3 Å². The van der Waals surface area contributed by atoms with Crippen molar-refractivity contribution >= 4 is 23.8 Å². The maximum Gasteiger partial charge on any atom is 0.326 e. The van der Waals surface area contributed by atoms with Crippen LogP contribution in [0.3, 0.4) is 0 Å². The van der Waals surface area contributed by atoms with Gasteiger partial charge in [0.15, 0.2) is 0 Å². The van der Waals surface area contributed by atoms with E-state index in [4.69, 9.17) is 11.2 Å². The van der Waals surface area contributed by atoms with E-state index in [9.17, 15) is 24.3 Å². The summed E-state index contributed by atoms with van der Waals surface area (Å²) in [4.78, 5) is 47.1. The van der Waals surface area contributed by atoms with E-state index in [2.05, 4.69) is 12.2 Å². The fourth-order valence-electron chi connectivity index (χ4n) is 4.47. The zero-order chi connectivity index (χ0) is 29.1. The number of rotatable bonds is 27. The van der Waals surface area contributed by atoms with Crippen LogP contribution in [0.5, 0.6) is 0 Å². The zero-order valence-corrected chi connectivity index (χ0v) is 23.9. The molecule has 1 amide bonds. The maximum absolute atomic E-state index is 12.5. The van der Waals surface area contributed by atoms with Crippen molar-refractivity contribution < 1.29 is 35.5 Å². The summed E-state index contributed by atoms with van der Waals surface area (Å²) in [7, 11) is 0. The van der Waals surface area contributed by atoms with E-state index in [0.717, 1.165) is 64.2 Å². The van der Waals surface area contributed by atoms with Gasteiger partial charge < -0.3 is 20.3 Å². The highest BCUT2D eigenvalue weighted by atomic mass is 16.5. The summed E-state index contributed by atoms with van der Waals surface area (Å²) in [6, 6.07) is -1.52. The first-order valence-corrected chi connectivity index (χ1v) is 15.0. The minimum absolute atomic E-state index is 0.178. The minimum atomic E-state index is -1.52. The number of aliphatic carboxylic acids is 2. The van der Waals surface area contributed by atoms with Gasteiger partial charge in [0.1, 0.15) is 12.1 Å². The maximum atomic E-state index is 12.5. The molecule has 222 valence electrons. The molecule has 0 heterocycles. The molecule has 3 N–H and O–H groups in total. The second-order valence-corrected chi connectivity index (χ2v) is 10.4. The van der Waals surface area contributed by atoms with E-state index >= 15 is 0 Å². The van der Waals surface area contributed by atoms with Crippen molar-refractivity contribution in [2.45, 2.75) is 167 Å². The molecular formula is C30H55NO7. The molecule has 8 nitrogen and oxygen atoms in total. The van der Waals surface area contributed by atoms with E-state index in [-0.39, 0.29) is 12.4 Å². The molecule has 0 saturated heterocycles. The summed E-state index contributed by atoms with van der Waals surface area (Å²) >= 11 is 0. The molecule has 0 saturated carbocycles. The van der Waals surface area contributed by atoms with E-state index < -0.39 is 36.4 Å². The Kier molecular flexibility index (Phi) is 22.5. The van der Waals surface area contributed by atoms with Crippen LogP contribution in [0.25, 0.3) is 0 Å². The first-order chi connectivity index (χ1) is 18.8. The molecule has 8 heteroatoms. The molecular weight excluding hydrogens is 486 g/mol. The van der Waals surface area contributed by atoms with Crippen molar-refractivity contribution in [2.75, 3.05) is 0 Å². The number of nitrogens with one attached hydrogen (secondary N) is 1. The fourth-order valence-corrected chi connectivity index (χ4v) is 4.47. The Morgan fingerprint density at radius 2 is 1.21 bits per heavy atom. The quantitative estimate of drug-likeness (QED) is 0.0740. The first-order valence-electron chi connectivity index (χ1n) is 15.7. The molecule has 0 aliphatic heterocycles. The zero-order valence-electron chi connectivity index (χ0n) is 24.9. The van der Waals surface area contributed by atoms with Gasteiger partial charge in [0.25, 0.3) is 0 Å². The van der Waals surface area contributed by atoms with Crippen LogP contribution >= 0.6 is 0 Å². The number of hydrogen-bond donors (Lipinski definition) is 3. The number of carboxylic acid groups (broad SMARTS) is 2. The lowest BCUT2D eigenvalue weighted by Crippen LogP contribution is -2.43. The van der Waals surface area contributed by atoms with Crippen LogP contribution in [0.15, 0.2) is 0 Å². The normalized spacial score (nSPS) is 12.9. The highest BCUT2D eigenvalue weighted by molar-refractivity contribution is 5.87. The Morgan fingerprint density at radius 3 is 1.71 bits per heavy atom. The van der Waals surface area contributed by atoms with Gasteiger partial charge in [-0.15, -0.1) is 0 Å². The third-order valence-corrected chi connectivity index (χ3v) is 6.73. The summed E-state index contributed by atoms with van der Waals surface area (Å²) in [6.45, 7) is 2.70. The molecule has 2 atom stereocenters. The Bertz CT molecular complexity index is 659. The Labute approximate surface area is 232 Å². The predicted molar refractivity (Wildman–Crippen MR) is 150 cm³/mol. The van der Waals surface area contributed by atoms with Gasteiger partial charge in [0.2, 0.25) is 5.91 Å². The molecule has 0 aromatic rings. The van der Waals surface area contributed by atoms with E-state index in [0.29, 0.717) is 19.7 Å². The van der Waals surface area contributed by atoms with E-state index in [1.807, 2.05) is 0 Å². The van der Waals surface area contributed by atoms with Gasteiger partial charge in [-0.25, -0.2) is 4.79 Å². The summed E-state index contributed by atoms with van der Waals surface area (Å²) in [6.07, 6.45) is 19.1. The second-order valence-electron chi connectivity index (χ2n) is 10.4. The molecule has 0 bridgehead atoms. The average Bonchev–Trinajstić information content (AvgIpc) is 2.88. The summed E-state index contributed by atoms with van der Waals surface area (Å²) < 4.78 is 12.8. The Morgan fingerprint density at radius 1 is 0.711 bits per heavy atom. The van der Waals surface area contributed by atoms with Crippen LogP contribution in [0, 0.1) is 0 Å². The van der Waals surface area contributed by atoms with Gasteiger partial charge in [0.05, 0.1) is 12.8 Å². The van der Waals surface area contributed by atoms with E-state index in [1.165, 1.54) is 51.4 Å². The van der Waals surface area contributed by atoms with E-state index in [1.54, 1.807) is 0 Å². The second kappa shape index (κ2) is 25.2. The monoisotopic (exact) mass is 542 g/mol. The van der Waals surface area contributed by atoms with Gasteiger partial charge >= 0.3 is 17.9 Å². The Balaban J connectivity index is 4.50. The summed E-state index contributed by atoms with van der Waals surface area (Å²) in [5, 5.41) is 20.3. The van der Waals surface area contributed by atoms with Crippen LogP contribution < -0.4 is 5.32 Å². The first kappa shape index (κ1) is 33.9. The van der Waals surface area contributed by atoms with Gasteiger partial charge in [0, 0.05) is 7.79 Å². The van der Waals surface area contributed by atoms with Crippen LogP contribution in [-0.4, -0.2) is 46.2 Å².